The normalized spacial score (nSPS) is 16.9. The van der Waals surface area contributed by atoms with Crippen LogP contribution in [0.1, 0.15) is 19.3 Å². The van der Waals surface area contributed by atoms with E-state index < -0.39 is 24.5 Å². The highest BCUT2D eigenvalue weighted by atomic mass is 35.5. The summed E-state index contributed by atoms with van der Waals surface area (Å²) in [4.78, 5) is 0. The molecule has 20 heavy (non-hydrogen) atoms. The third kappa shape index (κ3) is 10.6. The summed E-state index contributed by atoms with van der Waals surface area (Å²) < 4.78 is 27.6. The number of phosphoric ester groups is 1. The van der Waals surface area contributed by atoms with E-state index in [1.807, 2.05) is 0 Å². The number of rotatable bonds is 12. The molecular weight excluding hydrogens is 416 g/mol. The first-order valence-corrected chi connectivity index (χ1v) is 9.99. The summed E-state index contributed by atoms with van der Waals surface area (Å²) in [6.45, 7) is 0. The van der Waals surface area contributed by atoms with Crippen LogP contribution in [0.5, 0.6) is 0 Å². The summed E-state index contributed by atoms with van der Waals surface area (Å²) in [7, 11) is -4.05. The molecule has 0 bridgehead atoms. The van der Waals surface area contributed by atoms with Gasteiger partial charge in [0.1, 0.15) is 16.7 Å². The van der Waals surface area contributed by atoms with E-state index in [0.717, 1.165) is 0 Å². The average Bonchev–Trinajstić information content (AvgIpc) is 2.28. The Hall–Kier alpha value is 1.85. The van der Waals surface area contributed by atoms with Gasteiger partial charge in [-0.05, 0) is 0 Å². The number of phosphoric acid groups is 1. The lowest BCUT2D eigenvalue weighted by molar-refractivity contribution is 0.0833. The van der Waals surface area contributed by atoms with Gasteiger partial charge in [0.2, 0.25) is 0 Å². The molecule has 0 aliphatic heterocycles. The van der Waals surface area contributed by atoms with E-state index in [9.17, 15) is 4.57 Å². The van der Waals surface area contributed by atoms with E-state index in [2.05, 4.69) is 0 Å². The molecule has 0 aliphatic rings. The topological polar surface area (TPSA) is 44.8 Å². The molecule has 0 spiro atoms. The monoisotopic (exact) mass is 428 g/mol. The fourth-order valence-electron chi connectivity index (χ4n) is 0.910. The van der Waals surface area contributed by atoms with E-state index in [0.29, 0.717) is 0 Å². The van der Waals surface area contributed by atoms with Crippen LogP contribution in [-0.2, 0) is 18.1 Å². The maximum absolute atomic E-state index is 12.4. The second-order valence-corrected chi connectivity index (χ2v) is 7.55. The van der Waals surface area contributed by atoms with Gasteiger partial charge < -0.3 is 0 Å². The van der Waals surface area contributed by atoms with Crippen molar-refractivity contribution in [2.75, 3.05) is 17.6 Å². The maximum Gasteiger partial charge on any atom is 0.479 e. The van der Waals surface area contributed by atoms with Crippen molar-refractivity contribution in [2.45, 2.75) is 36.0 Å². The fourth-order valence-corrected chi connectivity index (χ4v) is 4.35. The molecule has 0 aromatic rings. The Labute approximate surface area is 148 Å². The predicted molar refractivity (Wildman–Crippen MR) is 85.8 cm³/mol. The standard InChI is InChI=1S/C9H15Cl6O4P/c10-4-1-7(13)17-20(16,18-8(14)2-5-11)19-9(15)3-6-12/h7-9H,1-6H2/t7-,8-,9-/m1/s1. The van der Waals surface area contributed by atoms with Crippen molar-refractivity contribution < 1.29 is 18.1 Å². The molecular formula is C9H15Cl6O4P. The molecule has 11 heteroatoms. The minimum Gasteiger partial charge on any atom is -0.267 e. The molecule has 0 unspecified atom stereocenters. The quantitative estimate of drug-likeness (QED) is 0.293. The molecule has 0 heterocycles. The zero-order valence-corrected chi connectivity index (χ0v) is 15.8. The van der Waals surface area contributed by atoms with Gasteiger partial charge in [-0.15, -0.1) is 34.8 Å². The van der Waals surface area contributed by atoms with Gasteiger partial charge in [0.25, 0.3) is 0 Å². The zero-order chi connectivity index (χ0) is 15.6. The zero-order valence-electron chi connectivity index (χ0n) is 10.3. The fraction of sp³-hybridized carbons (Fsp3) is 1.00. The van der Waals surface area contributed by atoms with Crippen LogP contribution in [0.2, 0.25) is 0 Å². The molecule has 0 saturated carbocycles. The number of alkyl halides is 6. The van der Waals surface area contributed by atoms with Gasteiger partial charge in [-0.25, -0.2) is 4.57 Å². The highest BCUT2D eigenvalue weighted by Gasteiger charge is 2.35. The van der Waals surface area contributed by atoms with Crippen LogP contribution in [0.4, 0.5) is 0 Å². The molecule has 4 nitrogen and oxygen atoms in total. The lowest BCUT2D eigenvalue weighted by atomic mass is 10.5. The summed E-state index contributed by atoms with van der Waals surface area (Å²) in [6, 6.07) is 0. The van der Waals surface area contributed by atoms with E-state index >= 15 is 0 Å². The Morgan fingerprint density at radius 1 is 0.700 bits per heavy atom. The van der Waals surface area contributed by atoms with E-state index in [1.54, 1.807) is 0 Å². The van der Waals surface area contributed by atoms with Crippen molar-refractivity contribution in [3.63, 3.8) is 0 Å². The Balaban J connectivity index is 4.69. The van der Waals surface area contributed by atoms with Crippen LogP contribution in [0, 0.1) is 0 Å². The summed E-state index contributed by atoms with van der Waals surface area (Å²) in [5.74, 6) is 0.643. The third-order valence-electron chi connectivity index (χ3n) is 1.74. The first-order valence-electron chi connectivity index (χ1n) is 5.62. The van der Waals surface area contributed by atoms with Gasteiger partial charge in [-0.3, -0.25) is 13.6 Å². The Morgan fingerprint density at radius 2 is 0.950 bits per heavy atom. The molecule has 3 atom stereocenters. The van der Waals surface area contributed by atoms with Crippen molar-refractivity contribution in [1.82, 2.24) is 0 Å². The minimum absolute atomic E-state index is 0.214. The number of hydrogen-bond donors (Lipinski definition) is 0. The largest absolute Gasteiger partial charge is 0.479 e. The van der Waals surface area contributed by atoms with Crippen LogP contribution < -0.4 is 0 Å². The SMILES string of the molecule is O=P(O[C@@H](Cl)CCCl)(O[C@@H](Cl)CCCl)O[C@@H](Cl)CCCl. The van der Waals surface area contributed by atoms with Crippen molar-refractivity contribution >= 4 is 77.4 Å². The van der Waals surface area contributed by atoms with Crippen molar-refractivity contribution in [3.8, 4) is 0 Å². The second-order valence-electron chi connectivity index (χ2n) is 3.43. The van der Waals surface area contributed by atoms with Crippen LogP contribution in [-0.4, -0.2) is 34.3 Å². The number of halogens is 6. The molecule has 0 N–H and O–H groups in total. The van der Waals surface area contributed by atoms with Gasteiger partial charge >= 0.3 is 7.82 Å². The third-order valence-corrected chi connectivity index (χ3v) is 5.23. The van der Waals surface area contributed by atoms with Crippen LogP contribution in [0.15, 0.2) is 0 Å². The summed E-state index contributed by atoms with van der Waals surface area (Å²) >= 11 is 34.0. The van der Waals surface area contributed by atoms with Crippen molar-refractivity contribution in [3.05, 3.63) is 0 Å². The minimum atomic E-state index is -4.05. The molecule has 0 fully saturated rings. The van der Waals surface area contributed by atoms with E-state index in [-0.39, 0.29) is 36.9 Å². The number of hydrogen-bond acceptors (Lipinski definition) is 4. The van der Waals surface area contributed by atoms with Crippen molar-refractivity contribution in [2.24, 2.45) is 0 Å². The van der Waals surface area contributed by atoms with Gasteiger partial charge in [0, 0.05) is 36.9 Å². The van der Waals surface area contributed by atoms with Crippen molar-refractivity contribution in [1.29, 1.82) is 0 Å². The summed E-state index contributed by atoms with van der Waals surface area (Å²) in [5, 5.41) is 0. The van der Waals surface area contributed by atoms with Gasteiger partial charge in [-0.1, -0.05) is 34.8 Å². The predicted octanol–water partition coefficient (Wildman–Crippen LogP) is 5.73. The highest BCUT2D eigenvalue weighted by Crippen LogP contribution is 2.55. The average molecular weight is 431 g/mol. The molecule has 0 amide bonds. The van der Waals surface area contributed by atoms with Crippen LogP contribution in [0.3, 0.4) is 0 Å². The molecule has 0 aliphatic carbocycles. The maximum atomic E-state index is 12.4. The Morgan fingerprint density at radius 3 is 1.15 bits per heavy atom. The lowest BCUT2D eigenvalue weighted by Gasteiger charge is -2.24. The van der Waals surface area contributed by atoms with Gasteiger partial charge in [0.15, 0.2) is 0 Å². The summed E-state index contributed by atoms with van der Waals surface area (Å²) in [5.41, 5.74) is -2.88. The smallest absolute Gasteiger partial charge is 0.267 e. The lowest BCUT2D eigenvalue weighted by Crippen LogP contribution is -2.15. The molecule has 122 valence electrons. The first kappa shape index (κ1) is 21.9. The molecule has 0 rings (SSSR count). The Bertz CT molecular complexity index is 255. The second kappa shape index (κ2) is 12.3. The summed E-state index contributed by atoms with van der Waals surface area (Å²) in [6.07, 6.45) is 0.722. The molecule has 0 aromatic carbocycles. The van der Waals surface area contributed by atoms with Gasteiger partial charge in [-0.2, -0.15) is 0 Å². The van der Waals surface area contributed by atoms with Crippen LogP contribution in [0.25, 0.3) is 0 Å². The van der Waals surface area contributed by atoms with E-state index in [4.69, 9.17) is 83.2 Å². The van der Waals surface area contributed by atoms with Crippen LogP contribution >= 0.6 is 77.4 Å². The molecule has 0 aromatic heterocycles. The Kier molecular flexibility index (Phi) is 13.4. The highest BCUT2D eigenvalue weighted by molar-refractivity contribution is 7.48. The molecule has 0 radical (unpaired) electrons. The first-order chi connectivity index (χ1) is 9.36. The van der Waals surface area contributed by atoms with E-state index in [1.165, 1.54) is 0 Å². The molecule has 0 saturated heterocycles. The van der Waals surface area contributed by atoms with Gasteiger partial charge in [0.05, 0.1) is 0 Å².